The minimum absolute atomic E-state index is 0.582. The molecule has 1 aliphatic rings. The van der Waals surface area contributed by atoms with Gasteiger partial charge in [-0.25, -0.2) is 0 Å². The number of hydrogen-bond acceptors (Lipinski definition) is 3. The van der Waals surface area contributed by atoms with Crippen LogP contribution in [0.15, 0.2) is 39.3 Å². The molecule has 110 valence electrons. The van der Waals surface area contributed by atoms with Crippen LogP contribution in [0, 0.1) is 0 Å². The SMILES string of the molecule is Clc1ccc(NCc2cc(Br)c3c(c2)OCCO3)c(Br)c1. The quantitative estimate of drug-likeness (QED) is 0.717. The van der Waals surface area contributed by atoms with Crippen LogP contribution in [0.4, 0.5) is 5.69 Å². The molecule has 0 saturated carbocycles. The molecule has 21 heavy (non-hydrogen) atoms. The second-order valence-corrected chi connectivity index (χ2v) is 6.72. The Hall–Kier alpha value is -0.910. The van der Waals surface area contributed by atoms with Crippen molar-refractivity contribution in [3.63, 3.8) is 0 Å². The molecule has 0 bridgehead atoms. The van der Waals surface area contributed by atoms with Gasteiger partial charge in [0.05, 0.1) is 4.47 Å². The highest BCUT2D eigenvalue weighted by molar-refractivity contribution is 9.11. The smallest absolute Gasteiger partial charge is 0.175 e. The van der Waals surface area contributed by atoms with Gasteiger partial charge in [0.2, 0.25) is 0 Å². The molecule has 0 amide bonds. The molecule has 6 heteroatoms. The van der Waals surface area contributed by atoms with E-state index in [-0.39, 0.29) is 0 Å². The van der Waals surface area contributed by atoms with E-state index in [0.29, 0.717) is 24.8 Å². The molecule has 1 N–H and O–H groups in total. The maximum Gasteiger partial charge on any atom is 0.175 e. The summed E-state index contributed by atoms with van der Waals surface area (Å²) in [6.07, 6.45) is 0. The Kier molecular flexibility index (Phi) is 4.62. The zero-order chi connectivity index (χ0) is 14.8. The number of fused-ring (bicyclic) bond motifs is 1. The van der Waals surface area contributed by atoms with Crippen molar-refractivity contribution >= 4 is 49.1 Å². The van der Waals surface area contributed by atoms with Crippen LogP contribution in [0.3, 0.4) is 0 Å². The molecular weight excluding hydrogens is 421 g/mol. The average molecular weight is 434 g/mol. The standard InChI is InChI=1S/C15H12Br2ClNO2/c16-11-7-10(18)1-2-13(11)19-8-9-5-12(17)15-14(6-9)20-3-4-21-15/h1-2,5-7,19H,3-4,8H2. The van der Waals surface area contributed by atoms with E-state index >= 15 is 0 Å². The Morgan fingerprint density at radius 2 is 1.86 bits per heavy atom. The summed E-state index contributed by atoms with van der Waals surface area (Å²) in [4.78, 5) is 0. The zero-order valence-electron chi connectivity index (χ0n) is 11.0. The van der Waals surface area contributed by atoms with Crippen LogP contribution in [-0.4, -0.2) is 13.2 Å². The second-order valence-electron chi connectivity index (χ2n) is 4.58. The number of hydrogen-bond donors (Lipinski definition) is 1. The maximum atomic E-state index is 5.94. The molecule has 0 aliphatic carbocycles. The van der Waals surface area contributed by atoms with Crippen LogP contribution in [-0.2, 0) is 6.54 Å². The van der Waals surface area contributed by atoms with Gasteiger partial charge in [0.1, 0.15) is 13.2 Å². The van der Waals surface area contributed by atoms with Gasteiger partial charge in [-0.1, -0.05) is 11.6 Å². The summed E-state index contributed by atoms with van der Waals surface area (Å²) in [6, 6.07) is 9.69. The third-order valence-electron chi connectivity index (χ3n) is 3.07. The van der Waals surface area contributed by atoms with Gasteiger partial charge in [-0.3, -0.25) is 0 Å². The highest BCUT2D eigenvalue weighted by Crippen LogP contribution is 2.38. The van der Waals surface area contributed by atoms with Crippen LogP contribution in [0.5, 0.6) is 11.5 Å². The van der Waals surface area contributed by atoms with Crippen molar-refractivity contribution in [3.8, 4) is 11.5 Å². The first-order valence-electron chi connectivity index (χ1n) is 6.40. The van der Waals surface area contributed by atoms with Gasteiger partial charge in [-0.05, 0) is 67.8 Å². The van der Waals surface area contributed by atoms with E-state index in [1.54, 1.807) is 0 Å². The van der Waals surface area contributed by atoms with Crippen molar-refractivity contribution in [1.29, 1.82) is 0 Å². The van der Waals surface area contributed by atoms with Crippen LogP contribution in [0.25, 0.3) is 0 Å². The Bertz CT molecular complexity index is 679. The van der Waals surface area contributed by atoms with Crippen LogP contribution in [0.1, 0.15) is 5.56 Å². The molecule has 0 atom stereocenters. The van der Waals surface area contributed by atoms with Crippen molar-refractivity contribution in [2.24, 2.45) is 0 Å². The maximum absolute atomic E-state index is 5.94. The monoisotopic (exact) mass is 431 g/mol. The minimum atomic E-state index is 0.582. The molecule has 1 aliphatic heterocycles. The Balaban J connectivity index is 1.77. The third-order valence-corrected chi connectivity index (χ3v) is 4.55. The molecule has 0 unspecified atom stereocenters. The summed E-state index contributed by atoms with van der Waals surface area (Å²) in [7, 11) is 0. The fourth-order valence-corrected chi connectivity index (χ4v) is 3.52. The molecule has 0 radical (unpaired) electrons. The largest absolute Gasteiger partial charge is 0.486 e. The number of anilines is 1. The van der Waals surface area contributed by atoms with Crippen molar-refractivity contribution in [2.45, 2.75) is 6.54 Å². The van der Waals surface area contributed by atoms with E-state index in [1.165, 1.54) is 0 Å². The normalized spacial score (nSPS) is 13.1. The lowest BCUT2D eigenvalue weighted by Crippen LogP contribution is -2.16. The highest BCUT2D eigenvalue weighted by atomic mass is 79.9. The molecule has 2 aromatic rings. The Morgan fingerprint density at radius 3 is 2.67 bits per heavy atom. The van der Waals surface area contributed by atoms with Gasteiger partial charge >= 0.3 is 0 Å². The zero-order valence-corrected chi connectivity index (χ0v) is 14.9. The lowest BCUT2D eigenvalue weighted by Gasteiger charge is -2.20. The predicted octanol–water partition coefficient (Wildman–Crippen LogP) is 5.25. The first-order valence-corrected chi connectivity index (χ1v) is 8.37. The average Bonchev–Trinajstić information content (AvgIpc) is 2.46. The number of benzene rings is 2. The van der Waals surface area contributed by atoms with Gasteiger partial charge in [0.15, 0.2) is 11.5 Å². The molecule has 1 heterocycles. The second kappa shape index (κ2) is 6.46. The lowest BCUT2D eigenvalue weighted by molar-refractivity contribution is 0.170. The highest BCUT2D eigenvalue weighted by Gasteiger charge is 2.16. The molecule has 0 saturated heterocycles. The lowest BCUT2D eigenvalue weighted by atomic mass is 10.2. The van der Waals surface area contributed by atoms with E-state index in [1.807, 2.05) is 30.3 Å². The van der Waals surface area contributed by atoms with E-state index in [9.17, 15) is 0 Å². The summed E-state index contributed by atoms with van der Waals surface area (Å²) in [5, 5.41) is 4.07. The van der Waals surface area contributed by atoms with Crippen LogP contribution >= 0.6 is 43.5 Å². The van der Waals surface area contributed by atoms with Crippen molar-refractivity contribution in [3.05, 3.63) is 49.9 Å². The summed E-state index contributed by atoms with van der Waals surface area (Å²) < 4.78 is 13.1. The number of nitrogens with one attached hydrogen (secondary N) is 1. The molecule has 3 nitrogen and oxygen atoms in total. The number of ether oxygens (including phenoxy) is 2. The van der Waals surface area contributed by atoms with E-state index in [4.69, 9.17) is 21.1 Å². The van der Waals surface area contributed by atoms with Gasteiger partial charge in [0, 0.05) is 21.7 Å². The molecule has 0 fully saturated rings. The van der Waals surface area contributed by atoms with Gasteiger partial charge in [-0.2, -0.15) is 0 Å². The summed E-state index contributed by atoms with van der Waals surface area (Å²) in [5.74, 6) is 1.56. The Labute approximate surface area is 144 Å². The topological polar surface area (TPSA) is 30.5 Å². The van der Waals surface area contributed by atoms with Gasteiger partial charge in [-0.15, -0.1) is 0 Å². The van der Waals surface area contributed by atoms with E-state index < -0.39 is 0 Å². The Morgan fingerprint density at radius 1 is 1.05 bits per heavy atom. The predicted molar refractivity (Wildman–Crippen MR) is 91.6 cm³/mol. The summed E-state index contributed by atoms with van der Waals surface area (Å²) in [5.41, 5.74) is 2.10. The van der Waals surface area contributed by atoms with Crippen molar-refractivity contribution in [2.75, 3.05) is 18.5 Å². The van der Waals surface area contributed by atoms with Gasteiger partial charge in [0.25, 0.3) is 0 Å². The summed E-state index contributed by atoms with van der Waals surface area (Å²) in [6.45, 7) is 1.84. The van der Waals surface area contributed by atoms with E-state index in [0.717, 1.165) is 31.7 Å². The fourth-order valence-electron chi connectivity index (χ4n) is 2.10. The van der Waals surface area contributed by atoms with Crippen LogP contribution < -0.4 is 14.8 Å². The van der Waals surface area contributed by atoms with Crippen molar-refractivity contribution in [1.82, 2.24) is 0 Å². The fraction of sp³-hybridized carbons (Fsp3) is 0.200. The minimum Gasteiger partial charge on any atom is -0.486 e. The molecule has 3 rings (SSSR count). The van der Waals surface area contributed by atoms with Crippen molar-refractivity contribution < 1.29 is 9.47 Å². The van der Waals surface area contributed by atoms with Gasteiger partial charge < -0.3 is 14.8 Å². The van der Waals surface area contributed by atoms with E-state index in [2.05, 4.69) is 37.2 Å². The first-order chi connectivity index (χ1) is 10.1. The molecule has 0 spiro atoms. The molecule has 2 aromatic carbocycles. The molecule has 0 aromatic heterocycles. The molecular formula is C15H12Br2ClNO2. The number of halogens is 3. The summed E-state index contributed by atoms with van der Waals surface area (Å²) >= 11 is 13.0. The third kappa shape index (κ3) is 3.47. The number of rotatable bonds is 3. The van der Waals surface area contributed by atoms with Crippen LogP contribution in [0.2, 0.25) is 5.02 Å². The first kappa shape index (κ1) is 15.0.